The van der Waals surface area contributed by atoms with E-state index < -0.39 is 0 Å². The van der Waals surface area contributed by atoms with Crippen LogP contribution in [-0.2, 0) is 0 Å². The largest absolute Gasteiger partial charge is 0.394 e. The van der Waals surface area contributed by atoms with E-state index in [-0.39, 0.29) is 12.1 Å². The Bertz CT molecular complexity index is 376. The summed E-state index contributed by atoms with van der Waals surface area (Å²) >= 11 is 1.78. The van der Waals surface area contributed by atoms with Crippen LogP contribution in [0, 0.1) is 5.92 Å². The Hall–Kier alpha value is -0.650. The minimum atomic E-state index is -0.0407. The molecule has 1 heterocycles. The first-order valence-electron chi connectivity index (χ1n) is 7.05. The third kappa shape index (κ3) is 3.68. The summed E-state index contributed by atoms with van der Waals surface area (Å²) in [7, 11) is 0. The van der Waals surface area contributed by atoms with Gasteiger partial charge in [-0.25, -0.2) is 9.97 Å². The lowest BCUT2D eigenvalue weighted by atomic mass is 9.86. The molecular formula is C14H23N3OS. The normalized spacial score (nSPS) is 26.7. The Morgan fingerprint density at radius 2 is 2.47 bits per heavy atom. The van der Waals surface area contributed by atoms with Crippen molar-refractivity contribution in [2.45, 2.75) is 43.2 Å². The molecule has 1 fully saturated rings. The van der Waals surface area contributed by atoms with E-state index >= 15 is 0 Å². The fourth-order valence-corrected chi connectivity index (χ4v) is 3.97. The van der Waals surface area contributed by atoms with E-state index in [1.807, 2.05) is 6.07 Å². The van der Waals surface area contributed by atoms with Gasteiger partial charge in [0, 0.05) is 11.7 Å². The van der Waals surface area contributed by atoms with Crippen molar-refractivity contribution < 1.29 is 5.11 Å². The first kappa shape index (κ1) is 14.8. The third-order valence-electron chi connectivity index (χ3n) is 4.04. The van der Waals surface area contributed by atoms with Gasteiger partial charge in [0.2, 0.25) is 0 Å². The lowest BCUT2D eigenvalue weighted by Crippen LogP contribution is -2.51. The van der Waals surface area contributed by atoms with Crippen LogP contribution < -0.4 is 5.32 Å². The lowest BCUT2D eigenvalue weighted by molar-refractivity contribution is 0.124. The highest BCUT2D eigenvalue weighted by Crippen LogP contribution is 2.38. The van der Waals surface area contributed by atoms with Gasteiger partial charge in [-0.15, -0.1) is 11.8 Å². The molecule has 0 radical (unpaired) electrons. The van der Waals surface area contributed by atoms with Gasteiger partial charge in [0.1, 0.15) is 6.33 Å². The van der Waals surface area contributed by atoms with E-state index in [1.54, 1.807) is 24.3 Å². The van der Waals surface area contributed by atoms with Gasteiger partial charge in [0.25, 0.3) is 0 Å². The molecule has 0 bridgehead atoms. The van der Waals surface area contributed by atoms with Crippen molar-refractivity contribution >= 4 is 11.8 Å². The van der Waals surface area contributed by atoms with Crippen LogP contribution in [0.15, 0.2) is 23.6 Å². The molecule has 0 aromatic carbocycles. The molecule has 0 saturated heterocycles. The fraction of sp³-hybridized carbons (Fsp3) is 0.714. The van der Waals surface area contributed by atoms with E-state index in [0.29, 0.717) is 5.92 Å². The monoisotopic (exact) mass is 281 g/mol. The number of aliphatic hydroxyl groups is 1. The van der Waals surface area contributed by atoms with Crippen molar-refractivity contribution in [2.24, 2.45) is 5.92 Å². The highest BCUT2D eigenvalue weighted by atomic mass is 32.2. The Balaban J connectivity index is 1.84. The third-order valence-corrected chi connectivity index (χ3v) is 5.02. The molecule has 2 N–H and O–H groups in total. The number of hydrogen-bond donors (Lipinski definition) is 2. The molecular weight excluding hydrogens is 258 g/mol. The molecule has 19 heavy (non-hydrogen) atoms. The van der Waals surface area contributed by atoms with E-state index in [1.165, 1.54) is 12.8 Å². The second-order valence-corrected chi connectivity index (χ2v) is 6.23. The topological polar surface area (TPSA) is 58.0 Å². The second-order valence-electron chi connectivity index (χ2n) is 5.12. The molecule has 2 rings (SSSR count). The van der Waals surface area contributed by atoms with Crippen LogP contribution in [0.4, 0.5) is 0 Å². The smallest absolute Gasteiger partial charge is 0.116 e. The number of likely N-dealkylation sites (N-methyl/N-ethyl adjacent to an activating group) is 1. The number of nitrogens with one attached hydrogen (secondary N) is 1. The van der Waals surface area contributed by atoms with Crippen LogP contribution in [0.1, 0.15) is 32.6 Å². The zero-order chi connectivity index (χ0) is 13.6. The van der Waals surface area contributed by atoms with Crippen LogP contribution in [0.2, 0.25) is 0 Å². The van der Waals surface area contributed by atoms with Crippen LogP contribution in [0.25, 0.3) is 0 Å². The standard InChI is InChI=1S/C14H23N3OS/c1-2-17-14(10-18)7-3-4-12(14)6-9-19-13-5-8-15-11-16-13/h5,8,11-12,17-18H,2-4,6-7,9-10H2,1H3. The van der Waals surface area contributed by atoms with Gasteiger partial charge in [-0.05, 0) is 43.5 Å². The van der Waals surface area contributed by atoms with Gasteiger partial charge in [-0.3, -0.25) is 0 Å². The lowest BCUT2D eigenvalue weighted by Gasteiger charge is -2.34. The Morgan fingerprint density at radius 1 is 1.58 bits per heavy atom. The van der Waals surface area contributed by atoms with Gasteiger partial charge in [-0.1, -0.05) is 13.3 Å². The van der Waals surface area contributed by atoms with Crippen molar-refractivity contribution in [1.82, 2.24) is 15.3 Å². The molecule has 1 aromatic heterocycles. The van der Waals surface area contributed by atoms with E-state index in [0.717, 1.165) is 30.2 Å². The SMILES string of the molecule is CCNC1(CO)CCCC1CCSc1ccncn1. The van der Waals surface area contributed by atoms with Gasteiger partial charge in [0.05, 0.1) is 11.6 Å². The average molecular weight is 281 g/mol. The van der Waals surface area contributed by atoms with Crippen LogP contribution >= 0.6 is 11.8 Å². The number of hydrogen-bond acceptors (Lipinski definition) is 5. The van der Waals surface area contributed by atoms with Gasteiger partial charge in [-0.2, -0.15) is 0 Å². The van der Waals surface area contributed by atoms with E-state index in [9.17, 15) is 5.11 Å². The zero-order valence-electron chi connectivity index (χ0n) is 11.5. The summed E-state index contributed by atoms with van der Waals surface area (Å²) in [6.45, 7) is 3.29. The molecule has 2 atom stereocenters. The Labute approximate surface area is 119 Å². The molecule has 4 nitrogen and oxygen atoms in total. The molecule has 1 aliphatic rings. The van der Waals surface area contributed by atoms with Crippen molar-refractivity contribution in [3.8, 4) is 0 Å². The second kappa shape index (κ2) is 7.22. The molecule has 1 saturated carbocycles. The number of rotatable bonds is 7. The molecule has 106 valence electrons. The van der Waals surface area contributed by atoms with Crippen molar-refractivity contribution in [3.63, 3.8) is 0 Å². The highest BCUT2D eigenvalue weighted by Gasteiger charge is 2.41. The number of aliphatic hydroxyl groups excluding tert-OH is 1. The first-order valence-corrected chi connectivity index (χ1v) is 8.04. The van der Waals surface area contributed by atoms with Gasteiger partial charge in [0.15, 0.2) is 0 Å². The molecule has 2 unspecified atom stereocenters. The summed E-state index contributed by atoms with van der Waals surface area (Å²) in [6.07, 6.45) is 8.03. The molecule has 0 aliphatic heterocycles. The van der Waals surface area contributed by atoms with Crippen LogP contribution in [-0.4, -0.2) is 39.5 Å². The Morgan fingerprint density at radius 3 is 3.16 bits per heavy atom. The predicted octanol–water partition coefficient (Wildman–Crippen LogP) is 2.10. The number of thioether (sulfide) groups is 1. The zero-order valence-corrected chi connectivity index (χ0v) is 12.3. The maximum Gasteiger partial charge on any atom is 0.116 e. The Kier molecular flexibility index (Phi) is 5.60. The summed E-state index contributed by atoms with van der Waals surface area (Å²) in [5.74, 6) is 1.63. The van der Waals surface area contributed by atoms with Gasteiger partial charge >= 0.3 is 0 Å². The molecule has 5 heteroatoms. The van der Waals surface area contributed by atoms with E-state index in [4.69, 9.17) is 0 Å². The maximum absolute atomic E-state index is 9.74. The minimum Gasteiger partial charge on any atom is -0.394 e. The fourth-order valence-electron chi connectivity index (χ4n) is 3.08. The molecule has 0 spiro atoms. The summed E-state index contributed by atoms with van der Waals surface area (Å²) in [6, 6.07) is 1.95. The predicted molar refractivity (Wildman–Crippen MR) is 78.2 cm³/mol. The van der Waals surface area contributed by atoms with Gasteiger partial charge < -0.3 is 10.4 Å². The van der Waals surface area contributed by atoms with Crippen molar-refractivity contribution in [2.75, 3.05) is 18.9 Å². The molecule has 0 amide bonds. The highest BCUT2D eigenvalue weighted by molar-refractivity contribution is 7.99. The molecule has 1 aliphatic carbocycles. The average Bonchev–Trinajstić information content (AvgIpc) is 2.84. The van der Waals surface area contributed by atoms with Crippen molar-refractivity contribution in [3.05, 3.63) is 18.6 Å². The quantitative estimate of drug-likeness (QED) is 0.592. The summed E-state index contributed by atoms with van der Waals surface area (Å²) < 4.78 is 0. The van der Waals surface area contributed by atoms with Crippen molar-refractivity contribution in [1.29, 1.82) is 0 Å². The van der Waals surface area contributed by atoms with Crippen LogP contribution in [0.5, 0.6) is 0 Å². The summed E-state index contributed by atoms with van der Waals surface area (Å²) in [5.41, 5.74) is -0.0407. The maximum atomic E-state index is 9.74. The summed E-state index contributed by atoms with van der Waals surface area (Å²) in [4.78, 5) is 8.15. The number of aromatic nitrogens is 2. The van der Waals surface area contributed by atoms with E-state index in [2.05, 4.69) is 22.2 Å². The molecule has 1 aromatic rings. The summed E-state index contributed by atoms with van der Waals surface area (Å²) in [5, 5.41) is 14.3. The number of nitrogens with zero attached hydrogens (tertiary/aromatic N) is 2. The minimum absolute atomic E-state index is 0.0407. The van der Waals surface area contributed by atoms with Crippen LogP contribution in [0.3, 0.4) is 0 Å². The first-order chi connectivity index (χ1) is 9.30.